The van der Waals surface area contributed by atoms with Crippen molar-refractivity contribution >= 4 is 6.03 Å². The molecule has 1 heterocycles. The van der Waals surface area contributed by atoms with Crippen LogP contribution in [0.3, 0.4) is 0 Å². The van der Waals surface area contributed by atoms with Crippen LogP contribution in [0.2, 0.25) is 0 Å². The Balaban J connectivity index is 1.69. The van der Waals surface area contributed by atoms with Crippen molar-refractivity contribution < 1.29 is 9.90 Å². The van der Waals surface area contributed by atoms with E-state index < -0.39 is 0 Å². The Morgan fingerprint density at radius 3 is 2.57 bits per heavy atom. The van der Waals surface area contributed by atoms with Crippen molar-refractivity contribution in [3.63, 3.8) is 0 Å². The van der Waals surface area contributed by atoms with Crippen molar-refractivity contribution in [1.82, 2.24) is 10.2 Å². The summed E-state index contributed by atoms with van der Waals surface area (Å²) in [5.41, 5.74) is 6.53. The van der Waals surface area contributed by atoms with Gasteiger partial charge in [0.25, 0.3) is 0 Å². The molecule has 2 rings (SSSR count). The van der Waals surface area contributed by atoms with Gasteiger partial charge in [-0.2, -0.15) is 0 Å². The summed E-state index contributed by atoms with van der Waals surface area (Å²) >= 11 is 0. The molecule has 0 radical (unpaired) electrons. The number of nitrogens with one attached hydrogen (secondary N) is 1. The Morgan fingerprint density at radius 2 is 2.00 bits per heavy atom. The van der Waals surface area contributed by atoms with E-state index in [1.54, 1.807) is 17.0 Å². The zero-order valence-electron chi connectivity index (χ0n) is 12.6. The van der Waals surface area contributed by atoms with Gasteiger partial charge in [0.05, 0.1) is 0 Å². The van der Waals surface area contributed by atoms with Gasteiger partial charge < -0.3 is 21.1 Å². The van der Waals surface area contributed by atoms with E-state index in [1.165, 1.54) is 5.56 Å². The van der Waals surface area contributed by atoms with Crippen LogP contribution in [0.1, 0.15) is 31.7 Å². The number of amides is 2. The molecule has 1 aliphatic heterocycles. The predicted molar refractivity (Wildman–Crippen MR) is 83.2 cm³/mol. The number of carbonyl (C=O) groups is 1. The third-order valence-electron chi connectivity index (χ3n) is 4.13. The number of nitrogens with zero attached hydrogens (tertiary/aromatic N) is 1. The van der Waals surface area contributed by atoms with E-state index in [2.05, 4.69) is 12.2 Å². The molecule has 5 nitrogen and oxygen atoms in total. The summed E-state index contributed by atoms with van der Waals surface area (Å²) in [7, 11) is 0. The molecular weight excluding hydrogens is 266 g/mol. The van der Waals surface area contributed by atoms with Gasteiger partial charge in [-0.3, -0.25) is 0 Å². The highest BCUT2D eigenvalue weighted by Crippen LogP contribution is 2.14. The summed E-state index contributed by atoms with van der Waals surface area (Å²) in [6, 6.07) is 7.98. The molecular formula is C16H25N3O2. The molecule has 0 saturated carbocycles. The van der Waals surface area contributed by atoms with Crippen molar-refractivity contribution in [2.45, 2.75) is 44.7 Å². The zero-order valence-corrected chi connectivity index (χ0v) is 12.6. The first kappa shape index (κ1) is 15.6. The average molecular weight is 291 g/mol. The molecule has 4 N–H and O–H groups in total. The average Bonchev–Trinajstić information content (AvgIpc) is 2.47. The Hall–Kier alpha value is -1.75. The lowest BCUT2D eigenvalue weighted by molar-refractivity contribution is 0.182. The molecule has 0 aromatic heterocycles. The molecule has 1 fully saturated rings. The van der Waals surface area contributed by atoms with Gasteiger partial charge in [-0.15, -0.1) is 0 Å². The number of hydrogen-bond donors (Lipinski definition) is 3. The van der Waals surface area contributed by atoms with E-state index in [4.69, 9.17) is 5.73 Å². The minimum Gasteiger partial charge on any atom is -0.508 e. The number of piperidine rings is 1. The van der Waals surface area contributed by atoms with Crippen molar-refractivity contribution in [3.05, 3.63) is 29.8 Å². The summed E-state index contributed by atoms with van der Waals surface area (Å²) in [5.74, 6) is 0.311. The molecule has 116 valence electrons. The van der Waals surface area contributed by atoms with Crippen LogP contribution in [0.5, 0.6) is 5.75 Å². The van der Waals surface area contributed by atoms with E-state index in [0.29, 0.717) is 17.8 Å². The van der Waals surface area contributed by atoms with Crippen LogP contribution in [0.25, 0.3) is 0 Å². The van der Waals surface area contributed by atoms with Crippen molar-refractivity contribution in [2.75, 3.05) is 13.1 Å². The molecule has 1 unspecified atom stereocenters. The summed E-state index contributed by atoms with van der Waals surface area (Å²) in [6.07, 6.45) is 3.98. The molecule has 2 amide bonds. The fraction of sp³-hybridized carbons (Fsp3) is 0.562. The number of likely N-dealkylation sites (tertiary alicyclic amines) is 1. The highest BCUT2D eigenvalue weighted by atomic mass is 16.3. The largest absolute Gasteiger partial charge is 0.508 e. The van der Waals surface area contributed by atoms with Crippen LogP contribution in [-0.2, 0) is 6.42 Å². The Kier molecular flexibility index (Phi) is 5.44. The van der Waals surface area contributed by atoms with Crippen LogP contribution < -0.4 is 11.1 Å². The molecule has 0 bridgehead atoms. The standard InChI is InChI=1S/C16H25N3O2/c1-12(2-3-13-4-6-15(20)7-5-13)18-14-8-10-19(11-9-14)16(17)21/h4-7,12,14,18,20H,2-3,8-11H2,1H3,(H2,17,21). The highest BCUT2D eigenvalue weighted by Gasteiger charge is 2.21. The second kappa shape index (κ2) is 7.31. The van der Waals surface area contributed by atoms with E-state index >= 15 is 0 Å². The minimum absolute atomic E-state index is 0.311. The number of phenolic OH excluding ortho intramolecular Hbond substituents is 1. The lowest BCUT2D eigenvalue weighted by Gasteiger charge is -2.33. The van der Waals surface area contributed by atoms with Gasteiger partial charge in [-0.25, -0.2) is 4.79 Å². The van der Waals surface area contributed by atoms with Crippen LogP contribution in [0.15, 0.2) is 24.3 Å². The molecule has 0 spiro atoms. The number of primary amides is 1. The van der Waals surface area contributed by atoms with Gasteiger partial charge in [-0.05, 0) is 50.3 Å². The molecule has 0 aliphatic carbocycles. The number of nitrogens with two attached hydrogens (primary N) is 1. The molecule has 1 aromatic carbocycles. The number of benzene rings is 1. The normalized spacial score (nSPS) is 17.7. The molecule has 1 saturated heterocycles. The van der Waals surface area contributed by atoms with Crippen LogP contribution in [0, 0.1) is 0 Å². The van der Waals surface area contributed by atoms with Gasteiger partial charge >= 0.3 is 6.03 Å². The van der Waals surface area contributed by atoms with Gasteiger partial charge in [-0.1, -0.05) is 12.1 Å². The van der Waals surface area contributed by atoms with Crippen molar-refractivity contribution in [2.24, 2.45) is 5.73 Å². The summed E-state index contributed by atoms with van der Waals surface area (Å²) in [4.78, 5) is 12.8. The summed E-state index contributed by atoms with van der Waals surface area (Å²) < 4.78 is 0. The van der Waals surface area contributed by atoms with E-state index in [1.807, 2.05) is 12.1 Å². The number of aryl methyl sites for hydroxylation is 1. The first-order valence-corrected chi connectivity index (χ1v) is 7.63. The van der Waals surface area contributed by atoms with Crippen molar-refractivity contribution in [3.8, 4) is 5.75 Å². The van der Waals surface area contributed by atoms with Crippen molar-refractivity contribution in [1.29, 1.82) is 0 Å². The number of carbonyl (C=O) groups excluding carboxylic acids is 1. The molecule has 5 heteroatoms. The van der Waals surface area contributed by atoms with E-state index in [-0.39, 0.29) is 6.03 Å². The van der Waals surface area contributed by atoms with Crippen LogP contribution >= 0.6 is 0 Å². The smallest absolute Gasteiger partial charge is 0.314 e. The molecule has 1 aromatic rings. The topological polar surface area (TPSA) is 78.6 Å². The quantitative estimate of drug-likeness (QED) is 0.774. The monoisotopic (exact) mass is 291 g/mol. The predicted octanol–water partition coefficient (Wildman–Crippen LogP) is 1.85. The third-order valence-corrected chi connectivity index (χ3v) is 4.13. The second-order valence-corrected chi connectivity index (χ2v) is 5.87. The van der Waals surface area contributed by atoms with Crippen LogP contribution in [0.4, 0.5) is 4.79 Å². The lowest BCUT2D eigenvalue weighted by Crippen LogP contribution is -2.48. The third kappa shape index (κ3) is 4.93. The minimum atomic E-state index is -0.311. The summed E-state index contributed by atoms with van der Waals surface area (Å²) in [6.45, 7) is 3.69. The van der Waals surface area contributed by atoms with Crippen LogP contribution in [-0.4, -0.2) is 41.2 Å². The highest BCUT2D eigenvalue weighted by molar-refractivity contribution is 5.72. The number of urea groups is 1. The Labute approximate surface area is 126 Å². The number of aromatic hydroxyl groups is 1. The Bertz CT molecular complexity index is 453. The molecule has 21 heavy (non-hydrogen) atoms. The fourth-order valence-corrected chi connectivity index (χ4v) is 2.80. The maximum Gasteiger partial charge on any atom is 0.314 e. The van der Waals surface area contributed by atoms with Gasteiger partial charge in [0.1, 0.15) is 5.75 Å². The lowest BCUT2D eigenvalue weighted by atomic mass is 10.0. The first-order valence-electron chi connectivity index (χ1n) is 7.63. The number of phenols is 1. The maximum atomic E-state index is 11.1. The number of hydrogen-bond acceptors (Lipinski definition) is 3. The molecule has 1 aliphatic rings. The SMILES string of the molecule is CC(CCc1ccc(O)cc1)NC1CCN(C(N)=O)CC1. The van der Waals surface area contributed by atoms with Gasteiger partial charge in [0.2, 0.25) is 0 Å². The van der Waals surface area contributed by atoms with E-state index in [0.717, 1.165) is 38.8 Å². The second-order valence-electron chi connectivity index (χ2n) is 5.87. The Morgan fingerprint density at radius 1 is 1.38 bits per heavy atom. The maximum absolute atomic E-state index is 11.1. The molecule has 1 atom stereocenters. The van der Waals surface area contributed by atoms with E-state index in [9.17, 15) is 9.90 Å². The first-order chi connectivity index (χ1) is 10.0. The van der Waals surface area contributed by atoms with Gasteiger partial charge in [0.15, 0.2) is 0 Å². The zero-order chi connectivity index (χ0) is 15.2. The summed E-state index contributed by atoms with van der Waals surface area (Å²) in [5, 5.41) is 12.9. The fourth-order valence-electron chi connectivity index (χ4n) is 2.80. The van der Waals surface area contributed by atoms with Gasteiger partial charge in [0, 0.05) is 25.2 Å². The number of rotatable bonds is 5.